The van der Waals surface area contributed by atoms with Gasteiger partial charge in [-0.1, -0.05) is 43.5 Å². The van der Waals surface area contributed by atoms with Gasteiger partial charge in [0.25, 0.3) is 5.91 Å². The van der Waals surface area contributed by atoms with Crippen LogP contribution < -0.4 is 10.6 Å². The molecular formula is C32H45N3O4S. The lowest BCUT2D eigenvalue weighted by Gasteiger charge is -2.47. The highest BCUT2D eigenvalue weighted by molar-refractivity contribution is 7.99. The molecule has 2 aromatic carbocycles. The number of benzene rings is 2. The van der Waals surface area contributed by atoms with Gasteiger partial charge in [0.2, 0.25) is 5.91 Å². The van der Waals surface area contributed by atoms with E-state index in [0.717, 1.165) is 30.7 Å². The average molecular weight is 568 g/mol. The number of hydrogen-bond donors (Lipinski definition) is 4. The summed E-state index contributed by atoms with van der Waals surface area (Å²) in [5.41, 5.74) is 0.543. The van der Waals surface area contributed by atoms with Crippen LogP contribution >= 0.6 is 11.8 Å². The van der Waals surface area contributed by atoms with Crippen LogP contribution in [-0.2, 0) is 4.79 Å². The topological polar surface area (TPSA) is 102 Å². The number of carbonyl (C=O) groups is 2. The van der Waals surface area contributed by atoms with Gasteiger partial charge in [-0.2, -0.15) is 0 Å². The molecule has 7 nitrogen and oxygen atoms in total. The highest BCUT2D eigenvalue weighted by Gasteiger charge is 2.41. The third-order valence-electron chi connectivity index (χ3n) is 8.23. The molecule has 218 valence electrons. The number of aromatic hydroxyl groups is 1. The molecule has 1 heterocycles. The maximum absolute atomic E-state index is 13.5. The average Bonchev–Trinajstić information content (AvgIpc) is 2.91. The van der Waals surface area contributed by atoms with Crippen molar-refractivity contribution in [2.75, 3.05) is 18.8 Å². The summed E-state index contributed by atoms with van der Waals surface area (Å²) in [5.74, 6) is 1.27. The van der Waals surface area contributed by atoms with Crippen LogP contribution in [0, 0.1) is 18.8 Å². The Kier molecular flexibility index (Phi) is 10.2. The molecule has 0 aromatic heterocycles. The number of hydrogen-bond acceptors (Lipinski definition) is 6. The van der Waals surface area contributed by atoms with Crippen molar-refractivity contribution in [2.45, 2.75) is 88.4 Å². The van der Waals surface area contributed by atoms with E-state index in [9.17, 15) is 19.8 Å². The SMILES string of the molecule is Cc1c(O)cccc1C(=O)N[C@H](CSc1ccccc1)[C@H](O)CN1C[C@@H]2CCCC[C@H]2C[C@@H]1C(=O)NC(C)(C)C. The zero-order valence-electron chi connectivity index (χ0n) is 24.2. The molecule has 2 fully saturated rings. The number of fused-ring (bicyclic) bond motifs is 1. The number of nitrogens with zero attached hydrogens (tertiary/aromatic N) is 1. The van der Waals surface area contributed by atoms with Gasteiger partial charge < -0.3 is 20.8 Å². The molecule has 1 aliphatic carbocycles. The number of likely N-dealkylation sites (tertiary alicyclic amines) is 1. The molecule has 4 N–H and O–H groups in total. The number of aliphatic hydroxyl groups excluding tert-OH is 1. The lowest BCUT2D eigenvalue weighted by atomic mass is 9.72. The molecule has 5 atom stereocenters. The molecule has 8 heteroatoms. The number of piperidine rings is 1. The Morgan fingerprint density at radius 2 is 1.75 bits per heavy atom. The van der Waals surface area contributed by atoms with Crippen molar-refractivity contribution in [1.29, 1.82) is 0 Å². The third-order valence-corrected chi connectivity index (χ3v) is 9.36. The van der Waals surface area contributed by atoms with Gasteiger partial charge in [0.15, 0.2) is 0 Å². The molecule has 0 bridgehead atoms. The first-order valence-corrected chi connectivity index (χ1v) is 15.5. The molecule has 2 aromatic rings. The minimum Gasteiger partial charge on any atom is -0.508 e. The Balaban J connectivity index is 1.54. The zero-order chi connectivity index (χ0) is 28.9. The molecule has 2 aliphatic rings. The normalized spacial score (nSPS) is 23.1. The maximum atomic E-state index is 13.5. The molecule has 1 saturated heterocycles. The van der Waals surface area contributed by atoms with Crippen LogP contribution in [0.2, 0.25) is 0 Å². The van der Waals surface area contributed by atoms with Gasteiger partial charge in [-0.25, -0.2) is 0 Å². The quantitative estimate of drug-likeness (QED) is 0.327. The number of aliphatic hydroxyl groups is 1. The second-order valence-electron chi connectivity index (χ2n) is 12.5. The molecule has 1 aliphatic heterocycles. The van der Waals surface area contributed by atoms with E-state index in [1.54, 1.807) is 36.9 Å². The summed E-state index contributed by atoms with van der Waals surface area (Å²) in [6.07, 6.45) is 4.67. The Morgan fingerprint density at radius 1 is 1.05 bits per heavy atom. The predicted molar refractivity (Wildman–Crippen MR) is 161 cm³/mol. The number of β-amino-alcohol motifs (C(OH)–C–C–N with tert-alkyl or cyclic N) is 1. The van der Waals surface area contributed by atoms with Crippen molar-refractivity contribution in [3.05, 3.63) is 59.7 Å². The summed E-state index contributed by atoms with van der Waals surface area (Å²) in [5, 5.41) is 28.0. The van der Waals surface area contributed by atoms with Crippen molar-refractivity contribution < 1.29 is 19.8 Å². The van der Waals surface area contributed by atoms with Crippen LogP contribution in [0.25, 0.3) is 0 Å². The summed E-state index contributed by atoms with van der Waals surface area (Å²) >= 11 is 1.57. The molecule has 0 unspecified atom stereocenters. The van der Waals surface area contributed by atoms with Crippen LogP contribution in [0.4, 0.5) is 0 Å². The fourth-order valence-corrected chi connectivity index (χ4v) is 7.09. The lowest BCUT2D eigenvalue weighted by molar-refractivity contribution is -0.132. The summed E-state index contributed by atoms with van der Waals surface area (Å²) in [6, 6.07) is 13.9. The Bertz CT molecular complexity index is 1150. The molecule has 1 saturated carbocycles. The highest BCUT2D eigenvalue weighted by atomic mass is 32.2. The van der Waals surface area contributed by atoms with Gasteiger partial charge in [0.05, 0.1) is 18.2 Å². The highest BCUT2D eigenvalue weighted by Crippen LogP contribution is 2.39. The Labute approximate surface area is 243 Å². The van der Waals surface area contributed by atoms with Crippen molar-refractivity contribution >= 4 is 23.6 Å². The largest absolute Gasteiger partial charge is 0.508 e. The number of phenols is 1. The first-order chi connectivity index (χ1) is 19.0. The standard InChI is InChI=1S/C32H45N3O4S/c1-21-25(15-10-16-28(21)36)30(38)33-26(20-40-24-13-6-5-7-14-24)29(37)19-35-18-23-12-9-8-11-22(23)17-27(35)31(39)34-32(2,3)4/h5-7,10,13-16,22-23,26-27,29,36-37H,8-9,11-12,17-20H2,1-4H3,(H,33,38)(H,34,39)/t22-,23-,26+,27+,29+/m0/s1. The van der Waals surface area contributed by atoms with E-state index in [1.165, 1.54) is 12.8 Å². The lowest BCUT2D eigenvalue weighted by Crippen LogP contribution is -2.60. The summed E-state index contributed by atoms with van der Waals surface area (Å²) < 4.78 is 0. The number of nitrogens with one attached hydrogen (secondary N) is 2. The van der Waals surface area contributed by atoms with E-state index >= 15 is 0 Å². The van der Waals surface area contributed by atoms with Crippen molar-refractivity contribution in [2.24, 2.45) is 11.8 Å². The van der Waals surface area contributed by atoms with Gasteiger partial charge in [-0.05, 0) is 76.6 Å². The fraction of sp³-hybridized carbons (Fsp3) is 0.562. The van der Waals surface area contributed by atoms with E-state index in [1.807, 2.05) is 51.1 Å². The summed E-state index contributed by atoms with van der Waals surface area (Å²) in [6.45, 7) is 8.76. The van der Waals surface area contributed by atoms with Crippen LogP contribution in [0.1, 0.15) is 68.8 Å². The van der Waals surface area contributed by atoms with Gasteiger partial charge in [0.1, 0.15) is 5.75 Å². The van der Waals surface area contributed by atoms with Crippen molar-refractivity contribution in [3.63, 3.8) is 0 Å². The van der Waals surface area contributed by atoms with Gasteiger partial charge >= 0.3 is 0 Å². The maximum Gasteiger partial charge on any atom is 0.252 e. The van der Waals surface area contributed by atoms with Crippen molar-refractivity contribution in [3.8, 4) is 5.75 Å². The van der Waals surface area contributed by atoms with E-state index in [2.05, 4.69) is 15.5 Å². The molecule has 4 rings (SSSR count). The smallest absolute Gasteiger partial charge is 0.252 e. The molecule has 40 heavy (non-hydrogen) atoms. The van der Waals surface area contributed by atoms with Gasteiger partial charge in [0, 0.05) is 40.4 Å². The minimum atomic E-state index is -0.886. The van der Waals surface area contributed by atoms with E-state index in [4.69, 9.17) is 0 Å². The van der Waals surface area contributed by atoms with Crippen LogP contribution in [-0.4, -0.2) is 69.5 Å². The third kappa shape index (κ3) is 8.02. The molecule has 2 amide bonds. The van der Waals surface area contributed by atoms with Crippen molar-refractivity contribution in [1.82, 2.24) is 15.5 Å². The van der Waals surface area contributed by atoms with Crippen LogP contribution in [0.5, 0.6) is 5.75 Å². The number of carbonyl (C=O) groups excluding carboxylic acids is 2. The van der Waals surface area contributed by atoms with E-state index in [-0.39, 0.29) is 29.1 Å². The first-order valence-electron chi connectivity index (χ1n) is 14.5. The number of phenolic OH excluding ortho intramolecular Hbond substituents is 1. The first kappa shape index (κ1) is 30.4. The number of amides is 2. The second kappa shape index (κ2) is 13.4. The van der Waals surface area contributed by atoms with E-state index in [0.29, 0.717) is 35.3 Å². The van der Waals surface area contributed by atoms with E-state index < -0.39 is 12.1 Å². The minimum absolute atomic E-state index is 0.0124. The van der Waals surface area contributed by atoms with Crippen LogP contribution in [0.3, 0.4) is 0 Å². The van der Waals surface area contributed by atoms with Gasteiger partial charge in [-0.3, -0.25) is 14.5 Å². The number of rotatable bonds is 9. The van der Waals surface area contributed by atoms with Gasteiger partial charge in [-0.15, -0.1) is 11.8 Å². The monoisotopic (exact) mass is 567 g/mol. The summed E-state index contributed by atoms with van der Waals surface area (Å²) in [4.78, 5) is 30.0. The fourth-order valence-electron chi connectivity index (χ4n) is 6.06. The second-order valence-corrected chi connectivity index (χ2v) is 13.6. The Hall–Kier alpha value is -2.55. The molecule has 0 radical (unpaired) electrons. The summed E-state index contributed by atoms with van der Waals surface area (Å²) in [7, 11) is 0. The Morgan fingerprint density at radius 3 is 2.45 bits per heavy atom. The van der Waals surface area contributed by atoms with Crippen LogP contribution in [0.15, 0.2) is 53.4 Å². The molecular weight excluding hydrogens is 522 g/mol. The number of thioether (sulfide) groups is 1. The predicted octanol–water partition coefficient (Wildman–Crippen LogP) is 4.75. The molecule has 0 spiro atoms. The zero-order valence-corrected chi connectivity index (χ0v) is 25.0.